The summed E-state index contributed by atoms with van der Waals surface area (Å²) in [4.78, 5) is 22.9. The monoisotopic (exact) mass is 329 g/mol. The van der Waals surface area contributed by atoms with Crippen LogP contribution >= 0.6 is 0 Å². The van der Waals surface area contributed by atoms with Crippen molar-refractivity contribution in [1.82, 2.24) is 10.7 Å². The van der Waals surface area contributed by atoms with Gasteiger partial charge in [0.15, 0.2) is 0 Å². The minimum atomic E-state index is -4.51. The lowest BCUT2D eigenvalue weighted by Gasteiger charge is -2.09. The SMILES string of the molecule is CC(C)CNC(=O)CC(=O)N/N=C\c1ccccc1C(F)(F)F. The van der Waals surface area contributed by atoms with Gasteiger partial charge in [0.05, 0.1) is 11.8 Å². The highest BCUT2D eigenvalue weighted by Crippen LogP contribution is 2.30. The molecule has 0 saturated heterocycles. The quantitative estimate of drug-likeness (QED) is 0.478. The van der Waals surface area contributed by atoms with E-state index in [2.05, 4.69) is 10.4 Å². The molecule has 23 heavy (non-hydrogen) atoms. The van der Waals surface area contributed by atoms with Crippen LogP contribution in [0.25, 0.3) is 0 Å². The van der Waals surface area contributed by atoms with Gasteiger partial charge in [0, 0.05) is 12.1 Å². The first-order valence-corrected chi connectivity index (χ1v) is 6.95. The molecule has 1 aromatic rings. The Labute approximate surface area is 132 Å². The fourth-order valence-corrected chi connectivity index (χ4v) is 1.61. The first-order valence-electron chi connectivity index (χ1n) is 6.95. The van der Waals surface area contributed by atoms with Gasteiger partial charge < -0.3 is 5.32 Å². The van der Waals surface area contributed by atoms with E-state index in [-0.39, 0.29) is 11.5 Å². The van der Waals surface area contributed by atoms with E-state index in [1.54, 1.807) is 0 Å². The molecule has 126 valence electrons. The molecule has 0 atom stereocenters. The number of hydrazone groups is 1. The molecule has 0 aliphatic rings. The van der Waals surface area contributed by atoms with Crippen molar-refractivity contribution in [3.8, 4) is 0 Å². The van der Waals surface area contributed by atoms with Crippen LogP contribution in [0.3, 0.4) is 0 Å². The van der Waals surface area contributed by atoms with E-state index in [4.69, 9.17) is 0 Å². The molecule has 0 bridgehead atoms. The highest BCUT2D eigenvalue weighted by atomic mass is 19.4. The molecule has 0 aliphatic heterocycles. The number of carbonyl (C=O) groups is 2. The lowest BCUT2D eigenvalue weighted by molar-refractivity contribution is -0.137. The zero-order valence-corrected chi connectivity index (χ0v) is 12.8. The summed E-state index contributed by atoms with van der Waals surface area (Å²) < 4.78 is 38.3. The van der Waals surface area contributed by atoms with Gasteiger partial charge in [-0.1, -0.05) is 32.0 Å². The normalized spacial score (nSPS) is 11.7. The van der Waals surface area contributed by atoms with E-state index in [1.165, 1.54) is 18.2 Å². The summed E-state index contributed by atoms with van der Waals surface area (Å²) in [5.41, 5.74) is 1.00. The topological polar surface area (TPSA) is 70.6 Å². The van der Waals surface area contributed by atoms with Gasteiger partial charge in [-0.25, -0.2) is 5.43 Å². The Morgan fingerprint density at radius 2 is 1.87 bits per heavy atom. The Balaban J connectivity index is 2.57. The number of amides is 2. The largest absolute Gasteiger partial charge is 0.417 e. The van der Waals surface area contributed by atoms with Crippen molar-refractivity contribution in [2.75, 3.05) is 6.54 Å². The maximum atomic E-state index is 12.8. The van der Waals surface area contributed by atoms with E-state index >= 15 is 0 Å². The molecule has 0 spiro atoms. The van der Waals surface area contributed by atoms with Crippen LogP contribution in [0.15, 0.2) is 29.4 Å². The molecule has 0 heterocycles. The van der Waals surface area contributed by atoms with Crippen LogP contribution in [0.4, 0.5) is 13.2 Å². The van der Waals surface area contributed by atoms with Gasteiger partial charge in [0.25, 0.3) is 0 Å². The van der Waals surface area contributed by atoms with Crippen LogP contribution < -0.4 is 10.7 Å². The molecule has 0 aliphatic carbocycles. The predicted octanol–water partition coefficient (Wildman–Crippen LogP) is 2.32. The zero-order valence-electron chi connectivity index (χ0n) is 12.8. The third-order valence-corrected chi connectivity index (χ3v) is 2.69. The lowest BCUT2D eigenvalue weighted by atomic mass is 10.1. The average molecular weight is 329 g/mol. The third kappa shape index (κ3) is 6.94. The van der Waals surface area contributed by atoms with Crippen LogP contribution in [0.1, 0.15) is 31.4 Å². The predicted molar refractivity (Wildman–Crippen MR) is 79.6 cm³/mol. The molecule has 5 nitrogen and oxygen atoms in total. The lowest BCUT2D eigenvalue weighted by Crippen LogP contribution is -2.32. The first kappa shape index (κ1) is 18.7. The van der Waals surface area contributed by atoms with Crippen LogP contribution in [-0.4, -0.2) is 24.6 Å². The summed E-state index contributed by atoms with van der Waals surface area (Å²) in [5, 5.41) is 6.01. The van der Waals surface area contributed by atoms with E-state index in [0.717, 1.165) is 12.3 Å². The van der Waals surface area contributed by atoms with Gasteiger partial charge in [-0.3, -0.25) is 9.59 Å². The van der Waals surface area contributed by atoms with E-state index < -0.39 is 30.0 Å². The Morgan fingerprint density at radius 1 is 1.22 bits per heavy atom. The molecule has 0 radical (unpaired) electrons. The number of halogens is 3. The summed E-state index contributed by atoms with van der Waals surface area (Å²) in [6.45, 7) is 4.25. The minimum absolute atomic E-state index is 0.176. The molecular formula is C15H18F3N3O2. The van der Waals surface area contributed by atoms with Crippen molar-refractivity contribution in [1.29, 1.82) is 0 Å². The van der Waals surface area contributed by atoms with E-state index in [0.29, 0.717) is 6.54 Å². The Hall–Kier alpha value is -2.38. The zero-order chi connectivity index (χ0) is 17.5. The highest BCUT2D eigenvalue weighted by molar-refractivity contribution is 5.97. The van der Waals surface area contributed by atoms with Crippen molar-refractivity contribution in [3.05, 3.63) is 35.4 Å². The summed E-state index contributed by atoms with van der Waals surface area (Å²) in [5.74, 6) is -0.923. The number of carbonyl (C=O) groups excluding carboxylic acids is 2. The van der Waals surface area contributed by atoms with Gasteiger partial charge in [0.2, 0.25) is 11.8 Å². The Kier molecular flexibility index (Phi) is 6.74. The van der Waals surface area contributed by atoms with Crippen LogP contribution in [0, 0.1) is 5.92 Å². The van der Waals surface area contributed by atoms with Gasteiger partial charge in [-0.05, 0) is 12.0 Å². The fourth-order valence-electron chi connectivity index (χ4n) is 1.61. The van der Waals surface area contributed by atoms with Gasteiger partial charge >= 0.3 is 6.18 Å². The molecule has 8 heteroatoms. The summed E-state index contributed by atoms with van der Waals surface area (Å²) in [6.07, 6.45) is -4.05. The maximum Gasteiger partial charge on any atom is 0.417 e. The molecule has 2 N–H and O–H groups in total. The molecule has 1 rings (SSSR count). The number of rotatable bonds is 6. The molecule has 0 fully saturated rings. The van der Waals surface area contributed by atoms with Gasteiger partial charge in [0.1, 0.15) is 6.42 Å². The van der Waals surface area contributed by atoms with Crippen molar-refractivity contribution in [2.24, 2.45) is 11.0 Å². The number of benzene rings is 1. The average Bonchev–Trinajstić information content (AvgIpc) is 2.44. The van der Waals surface area contributed by atoms with Crippen LogP contribution in [-0.2, 0) is 15.8 Å². The number of hydrogen-bond donors (Lipinski definition) is 2. The molecule has 2 amide bonds. The van der Waals surface area contributed by atoms with E-state index in [9.17, 15) is 22.8 Å². The molecule has 1 aromatic carbocycles. The van der Waals surface area contributed by atoms with E-state index in [1.807, 2.05) is 19.3 Å². The number of nitrogens with zero attached hydrogens (tertiary/aromatic N) is 1. The third-order valence-electron chi connectivity index (χ3n) is 2.69. The Morgan fingerprint density at radius 3 is 2.48 bits per heavy atom. The van der Waals surface area contributed by atoms with Crippen molar-refractivity contribution >= 4 is 18.0 Å². The standard InChI is InChI=1S/C15H18F3N3O2/c1-10(2)8-19-13(22)7-14(23)21-20-9-11-5-3-4-6-12(11)15(16,17)18/h3-6,9-10H,7-8H2,1-2H3,(H,19,22)(H,21,23)/b20-9-. The number of nitrogens with one attached hydrogen (secondary N) is 2. The Bertz CT molecular complexity index is 584. The van der Waals surface area contributed by atoms with Gasteiger partial charge in [-0.2, -0.15) is 18.3 Å². The second kappa shape index (κ2) is 8.30. The highest BCUT2D eigenvalue weighted by Gasteiger charge is 2.32. The molecule has 0 unspecified atom stereocenters. The van der Waals surface area contributed by atoms with Crippen molar-refractivity contribution in [3.63, 3.8) is 0 Å². The summed E-state index contributed by atoms with van der Waals surface area (Å²) in [6, 6.07) is 4.84. The van der Waals surface area contributed by atoms with Crippen molar-refractivity contribution < 1.29 is 22.8 Å². The first-order chi connectivity index (χ1) is 10.7. The summed E-state index contributed by atoms with van der Waals surface area (Å²) >= 11 is 0. The minimum Gasteiger partial charge on any atom is -0.355 e. The second-order valence-corrected chi connectivity index (χ2v) is 5.25. The molecular weight excluding hydrogens is 311 g/mol. The maximum absolute atomic E-state index is 12.8. The van der Waals surface area contributed by atoms with Crippen molar-refractivity contribution in [2.45, 2.75) is 26.4 Å². The number of alkyl halides is 3. The van der Waals surface area contributed by atoms with Gasteiger partial charge in [-0.15, -0.1) is 0 Å². The number of hydrogen-bond acceptors (Lipinski definition) is 3. The molecule has 0 aromatic heterocycles. The van der Waals surface area contributed by atoms with Crippen LogP contribution in [0.5, 0.6) is 0 Å². The fraction of sp³-hybridized carbons (Fsp3) is 0.400. The smallest absolute Gasteiger partial charge is 0.355 e. The van der Waals surface area contributed by atoms with Crippen LogP contribution in [0.2, 0.25) is 0 Å². The summed E-state index contributed by atoms with van der Waals surface area (Å²) in [7, 11) is 0. The second-order valence-electron chi connectivity index (χ2n) is 5.25. The molecule has 0 saturated carbocycles.